The maximum Gasteiger partial charge on any atom is 0.249 e. The van der Waals surface area contributed by atoms with Crippen LogP contribution >= 0.6 is 0 Å². The molecule has 11 nitrogen and oxygen atoms in total. The van der Waals surface area contributed by atoms with Crippen molar-refractivity contribution in [3.05, 3.63) is 66.2 Å². The summed E-state index contributed by atoms with van der Waals surface area (Å²) in [6, 6.07) is 16.7. The molecule has 2 heterocycles. The number of benzene rings is 3. The number of amides is 2. The summed E-state index contributed by atoms with van der Waals surface area (Å²) in [4.78, 5) is 30.1. The monoisotopic (exact) mass is 573 g/mol. The minimum Gasteiger partial charge on any atom is -0.493 e. The van der Waals surface area contributed by atoms with Crippen LogP contribution < -0.4 is 29.2 Å². The van der Waals surface area contributed by atoms with Crippen LogP contribution in [0.3, 0.4) is 0 Å². The molecule has 1 aromatic heterocycles. The van der Waals surface area contributed by atoms with Crippen molar-refractivity contribution in [2.45, 2.75) is 45.3 Å². The average molecular weight is 574 g/mol. The third-order valence-corrected chi connectivity index (χ3v) is 7.35. The molecule has 3 aromatic carbocycles. The van der Waals surface area contributed by atoms with Gasteiger partial charge in [0.05, 0.1) is 19.7 Å². The maximum absolute atomic E-state index is 14.4. The molecule has 220 valence electrons. The van der Waals surface area contributed by atoms with Crippen LogP contribution in [-0.4, -0.2) is 59.8 Å². The predicted octanol–water partition coefficient (Wildman–Crippen LogP) is 4.30. The van der Waals surface area contributed by atoms with Crippen molar-refractivity contribution < 1.29 is 28.5 Å². The second kappa shape index (κ2) is 12.0. The summed E-state index contributed by atoms with van der Waals surface area (Å²) in [5.41, 5.74) is 1.82. The van der Waals surface area contributed by atoms with Crippen LogP contribution in [-0.2, 0) is 16.1 Å². The number of nitrogens with one attached hydrogen (secondary N) is 1. The molecule has 0 radical (unpaired) electrons. The number of methoxy groups -OCH3 is 2. The summed E-state index contributed by atoms with van der Waals surface area (Å²) >= 11 is 0. The number of hydrogen-bond acceptors (Lipinski definition) is 8. The van der Waals surface area contributed by atoms with Crippen molar-refractivity contribution in [3.8, 4) is 23.0 Å². The molecule has 1 aliphatic heterocycles. The number of fused-ring (bicyclic) bond motifs is 2. The number of para-hydroxylation sites is 1. The summed E-state index contributed by atoms with van der Waals surface area (Å²) in [6.07, 6.45) is 0.681. The zero-order valence-corrected chi connectivity index (χ0v) is 24.4. The summed E-state index contributed by atoms with van der Waals surface area (Å²) in [6.45, 7) is 6.51. The fourth-order valence-corrected chi connectivity index (χ4v) is 4.79. The van der Waals surface area contributed by atoms with Crippen molar-refractivity contribution in [3.63, 3.8) is 0 Å². The van der Waals surface area contributed by atoms with Gasteiger partial charge < -0.3 is 24.3 Å². The molecule has 5 rings (SSSR count). The van der Waals surface area contributed by atoms with E-state index >= 15 is 0 Å². The van der Waals surface area contributed by atoms with E-state index in [-0.39, 0.29) is 18.4 Å². The topological polar surface area (TPSA) is 117 Å². The first-order valence-corrected chi connectivity index (χ1v) is 13.8. The van der Waals surface area contributed by atoms with Crippen LogP contribution in [0.1, 0.15) is 38.8 Å². The van der Waals surface area contributed by atoms with E-state index in [1.807, 2.05) is 45.0 Å². The molecule has 1 atom stereocenters. The number of ether oxygens (including phenoxy) is 4. The molecular formula is C31H35N5O6. The lowest BCUT2D eigenvalue weighted by Gasteiger charge is -2.35. The average Bonchev–Trinajstić information content (AvgIpc) is 3.41. The van der Waals surface area contributed by atoms with E-state index in [0.717, 1.165) is 0 Å². The van der Waals surface area contributed by atoms with Gasteiger partial charge in [-0.2, -0.15) is 0 Å². The summed E-state index contributed by atoms with van der Waals surface area (Å²) in [5.74, 6) is 1.24. The number of nitrogens with zero attached hydrogens (tertiary/aromatic N) is 4. The molecule has 0 saturated carbocycles. The van der Waals surface area contributed by atoms with E-state index in [1.54, 1.807) is 43.5 Å². The maximum atomic E-state index is 14.4. The molecule has 0 bridgehead atoms. The highest BCUT2D eigenvalue weighted by Gasteiger charge is 2.36. The van der Waals surface area contributed by atoms with Crippen LogP contribution in [0.15, 0.2) is 60.7 Å². The third kappa shape index (κ3) is 5.81. The first-order chi connectivity index (χ1) is 20.2. The molecule has 1 N–H and O–H groups in total. The van der Waals surface area contributed by atoms with Crippen LogP contribution in [0.4, 0.5) is 5.69 Å². The number of carbonyl (C=O) groups is 2. The molecule has 42 heavy (non-hydrogen) atoms. The van der Waals surface area contributed by atoms with Gasteiger partial charge in [0.15, 0.2) is 23.0 Å². The second-order valence-corrected chi connectivity index (χ2v) is 10.6. The smallest absolute Gasteiger partial charge is 0.249 e. The van der Waals surface area contributed by atoms with E-state index in [2.05, 4.69) is 15.6 Å². The number of rotatable bonds is 10. The molecule has 4 aromatic rings. The van der Waals surface area contributed by atoms with E-state index in [1.165, 1.54) is 16.7 Å². The molecule has 11 heteroatoms. The fraction of sp³-hybridized carbons (Fsp3) is 0.355. The van der Waals surface area contributed by atoms with Gasteiger partial charge in [0.2, 0.25) is 11.8 Å². The van der Waals surface area contributed by atoms with Gasteiger partial charge in [-0.05, 0) is 62.2 Å². The molecule has 0 saturated heterocycles. The Kier molecular flexibility index (Phi) is 8.19. The molecule has 0 spiro atoms. The van der Waals surface area contributed by atoms with Crippen molar-refractivity contribution in [1.82, 2.24) is 20.3 Å². The molecule has 2 amide bonds. The highest BCUT2D eigenvalue weighted by molar-refractivity contribution is 6.02. The van der Waals surface area contributed by atoms with Gasteiger partial charge in [0, 0.05) is 17.3 Å². The minimum absolute atomic E-state index is 0.163. The third-order valence-electron chi connectivity index (χ3n) is 7.35. The SMILES string of the molecule is CCC(C)(C)NC(=O)[C@H](c1ccc(OC)c(OC)c1)N(C(=O)Cn1nnc2ccccc21)c1ccc2c(c1)OCCO2. The Morgan fingerprint density at radius 1 is 1.00 bits per heavy atom. The van der Waals surface area contributed by atoms with Crippen molar-refractivity contribution in [2.75, 3.05) is 32.3 Å². The predicted molar refractivity (Wildman–Crippen MR) is 157 cm³/mol. The van der Waals surface area contributed by atoms with Gasteiger partial charge in [-0.3, -0.25) is 14.5 Å². The molecule has 0 unspecified atom stereocenters. The number of hydrogen-bond donors (Lipinski definition) is 1. The van der Waals surface area contributed by atoms with Gasteiger partial charge >= 0.3 is 0 Å². The van der Waals surface area contributed by atoms with E-state index in [9.17, 15) is 9.59 Å². The fourth-order valence-electron chi connectivity index (χ4n) is 4.79. The molecular weight excluding hydrogens is 538 g/mol. The number of carbonyl (C=O) groups excluding carboxylic acids is 2. The standard InChI is InChI=1S/C31H35N5O6/c1-6-31(2,3)32-30(38)29(20-11-13-24(39-4)26(17-20)40-5)36(21-12-14-25-27(18-21)42-16-15-41-25)28(37)19-35-23-10-8-7-9-22(23)33-34-35/h7-14,17-18,29H,6,15-16,19H2,1-5H3,(H,32,38)/t29-/m0/s1. The number of aromatic nitrogens is 3. The Bertz CT molecular complexity index is 1600. The lowest BCUT2D eigenvalue weighted by molar-refractivity contribution is -0.128. The highest BCUT2D eigenvalue weighted by atomic mass is 16.6. The van der Waals surface area contributed by atoms with Crippen LogP contribution in [0.2, 0.25) is 0 Å². The van der Waals surface area contributed by atoms with Crippen LogP contribution in [0, 0.1) is 0 Å². The first-order valence-electron chi connectivity index (χ1n) is 13.8. The van der Waals surface area contributed by atoms with Crippen LogP contribution in [0.25, 0.3) is 11.0 Å². The van der Waals surface area contributed by atoms with E-state index in [0.29, 0.717) is 64.9 Å². The Hall–Kier alpha value is -4.80. The molecule has 1 aliphatic rings. The summed E-state index contributed by atoms with van der Waals surface area (Å²) in [7, 11) is 3.06. The quantitative estimate of drug-likeness (QED) is 0.299. The lowest BCUT2D eigenvalue weighted by Crippen LogP contribution is -2.51. The second-order valence-electron chi connectivity index (χ2n) is 10.6. The zero-order valence-electron chi connectivity index (χ0n) is 24.4. The normalized spacial score (nSPS) is 13.4. The van der Waals surface area contributed by atoms with Gasteiger partial charge in [-0.25, -0.2) is 4.68 Å². The largest absolute Gasteiger partial charge is 0.493 e. The van der Waals surface area contributed by atoms with E-state index in [4.69, 9.17) is 18.9 Å². The number of anilines is 1. The van der Waals surface area contributed by atoms with Crippen LogP contribution in [0.5, 0.6) is 23.0 Å². The Morgan fingerprint density at radius 3 is 2.48 bits per heavy atom. The van der Waals surface area contributed by atoms with Gasteiger partial charge in [-0.15, -0.1) is 5.10 Å². The Balaban J connectivity index is 1.66. The first kappa shape index (κ1) is 28.7. The van der Waals surface area contributed by atoms with Crippen molar-refractivity contribution in [1.29, 1.82) is 0 Å². The Morgan fingerprint density at radius 2 is 1.74 bits per heavy atom. The highest BCUT2D eigenvalue weighted by Crippen LogP contribution is 2.39. The summed E-state index contributed by atoms with van der Waals surface area (Å²) in [5, 5.41) is 11.5. The zero-order chi connectivity index (χ0) is 29.9. The minimum atomic E-state index is -1.08. The lowest BCUT2D eigenvalue weighted by atomic mass is 9.97. The summed E-state index contributed by atoms with van der Waals surface area (Å²) < 4.78 is 24.1. The van der Waals surface area contributed by atoms with Gasteiger partial charge in [0.25, 0.3) is 0 Å². The van der Waals surface area contributed by atoms with Gasteiger partial charge in [0.1, 0.15) is 31.3 Å². The molecule has 0 fully saturated rings. The molecule has 0 aliphatic carbocycles. The van der Waals surface area contributed by atoms with Gasteiger partial charge in [-0.1, -0.05) is 30.3 Å². The Labute approximate surface area is 244 Å². The van der Waals surface area contributed by atoms with E-state index < -0.39 is 11.6 Å². The van der Waals surface area contributed by atoms with Crippen molar-refractivity contribution in [2.24, 2.45) is 0 Å². The van der Waals surface area contributed by atoms with Crippen molar-refractivity contribution >= 4 is 28.5 Å².